The molecule has 2 unspecified atom stereocenters. The summed E-state index contributed by atoms with van der Waals surface area (Å²) in [5.74, 6) is 2.11. The van der Waals surface area contributed by atoms with Crippen molar-refractivity contribution in [1.82, 2.24) is 15.5 Å². The van der Waals surface area contributed by atoms with Crippen molar-refractivity contribution in [3.05, 3.63) is 35.9 Å². The van der Waals surface area contributed by atoms with E-state index < -0.39 is 5.41 Å². The molecule has 2 rings (SSSR count). The molecule has 27 heavy (non-hydrogen) atoms. The maximum Gasteiger partial charge on any atom is 0.227 e. The van der Waals surface area contributed by atoms with Crippen LogP contribution in [0.5, 0.6) is 0 Å². The first kappa shape index (κ1) is 23.7. The Morgan fingerprint density at radius 1 is 1.26 bits per heavy atom. The number of nitrogens with one attached hydrogen (secondary N) is 2. The number of rotatable bonds is 5. The van der Waals surface area contributed by atoms with Crippen molar-refractivity contribution in [2.45, 2.75) is 40.0 Å². The summed E-state index contributed by atoms with van der Waals surface area (Å²) < 4.78 is 0. The van der Waals surface area contributed by atoms with E-state index in [1.54, 1.807) is 0 Å². The quantitative estimate of drug-likeness (QED) is 0.381. The molecule has 0 aliphatic carbocycles. The Balaban J connectivity index is 0.00000364. The summed E-state index contributed by atoms with van der Waals surface area (Å²) in [4.78, 5) is 19.0. The van der Waals surface area contributed by atoms with Gasteiger partial charge < -0.3 is 15.5 Å². The largest absolute Gasteiger partial charge is 0.356 e. The van der Waals surface area contributed by atoms with Crippen LogP contribution in [0.15, 0.2) is 35.3 Å². The molecule has 2 atom stereocenters. The molecule has 1 amide bonds. The van der Waals surface area contributed by atoms with Crippen molar-refractivity contribution in [1.29, 1.82) is 0 Å². The zero-order valence-corrected chi connectivity index (χ0v) is 19.6. The highest BCUT2D eigenvalue weighted by atomic mass is 127. The van der Waals surface area contributed by atoms with Gasteiger partial charge in [0.2, 0.25) is 5.91 Å². The van der Waals surface area contributed by atoms with E-state index in [2.05, 4.69) is 57.8 Å². The summed E-state index contributed by atoms with van der Waals surface area (Å²) in [6.07, 6.45) is 1.12. The molecule has 1 aliphatic heterocycles. The number of guanidine groups is 1. The third-order valence-electron chi connectivity index (χ3n) is 5.28. The highest BCUT2D eigenvalue weighted by Gasteiger charge is 2.31. The van der Waals surface area contributed by atoms with Crippen molar-refractivity contribution in [2.75, 3.05) is 33.2 Å². The molecule has 1 aromatic rings. The fourth-order valence-electron chi connectivity index (χ4n) is 3.65. The first-order valence-corrected chi connectivity index (χ1v) is 9.68. The lowest BCUT2D eigenvalue weighted by molar-refractivity contribution is -0.128. The van der Waals surface area contributed by atoms with Gasteiger partial charge in [-0.05, 0) is 44.6 Å². The van der Waals surface area contributed by atoms with E-state index >= 15 is 0 Å². The second-order valence-corrected chi connectivity index (χ2v) is 7.87. The highest BCUT2D eigenvalue weighted by molar-refractivity contribution is 14.0. The lowest BCUT2D eigenvalue weighted by Gasteiger charge is -2.39. The van der Waals surface area contributed by atoms with Crippen molar-refractivity contribution in [3.63, 3.8) is 0 Å². The molecule has 0 spiro atoms. The van der Waals surface area contributed by atoms with Crippen molar-refractivity contribution in [3.8, 4) is 0 Å². The number of nitrogens with zero attached hydrogens (tertiary/aromatic N) is 2. The average Bonchev–Trinajstić information content (AvgIpc) is 2.63. The van der Waals surface area contributed by atoms with Crippen LogP contribution in [0, 0.1) is 11.3 Å². The number of hydrogen-bond acceptors (Lipinski definition) is 2. The molecule has 0 saturated carbocycles. The van der Waals surface area contributed by atoms with Crippen LogP contribution in [0.2, 0.25) is 0 Å². The Morgan fingerprint density at radius 2 is 1.93 bits per heavy atom. The van der Waals surface area contributed by atoms with Crippen LogP contribution in [0.4, 0.5) is 0 Å². The SMILES string of the molecule is CCNC(=O)C(C)(C)CNC(=NC)N1CCC(c2ccccc2)C(C)C1.I. The Labute approximate surface area is 181 Å². The molecule has 6 heteroatoms. The van der Waals surface area contributed by atoms with Crippen LogP contribution in [0.25, 0.3) is 0 Å². The summed E-state index contributed by atoms with van der Waals surface area (Å²) in [5.41, 5.74) is 0.958. The van der Waals surface area contributed by atoms with E-state index in [0.29, 0.717) is 24.9 Å². The van der Waals surface area contributed by atoms with Gasteiger partial charge in [0.25, 0.3) is 0 Å². The number of benzene rings is 1. The predicted molar refractivity (Wildman–Crippen MR) is 124 cm³/mol. The zero-order valence-electron chi connectivity index (χ0n) is 17.3. The first-order valence-electron chi connectivity index (χ1n) is 9.68. The molecule has 0 bridgehead atoms. The minimum atomic E-state index is -0.472. The molecule has 5 nitrogen and oxygen atoms in total. The minimum Gasteiger partial charge on any atom is -0.356 e. The first-order chi connectivity index (χ1) is 12.4. The molecule has 1 fully saturated rings. The van der Waals surface area contributed by atoms with Gasteiger partial charge in [-0.2, -0.15) is 0 Å². The number of aliphatic imine (C=N–C) groups is 1. The number of halogens is 1. The molecular weight excluding hydrogens is 451 g/mol. The van der Waals surface area contributed by atoms with Gasteiger partial charge in [-0.15, -0.1) is 24.0 Å². The summed E-state index contributed by atoms with van der Waals surface area (Å²) in [6.45, 7) is 11.4. The second kappa shape index (κ2) is 10.9. The van der Waals surface area contributed by atoms with Gasteiger partial charge in [-0.3, -0.25) is 9.79 Å². The monoisotopic (exact) mass is 486 g/mol. The Morgan fingerprint density at radius 3 is 2.48 bits per heavy atom. The summed E-state index contributed by atoms with van der Waals surface area (Å²) >= 11 is 0. The third kappa shape index (κ3) is 6.36. The van der Waals surface area contributed by atoms with Crippen LogP contribution in [0.1, 0.15) is 45.6 Å². The Hall–Kier alpha value is -1.31. The van der Waals surface area contributed by atoms with Crippen LogP contribution in [-0.2, 0) is 4.79 Å². The van der Waals surface area contributed by atoms with E-state index in [-0.39, 0.29) is 29.9 Å². The maximum atomic E-state index is 12.2. The highest BCUT2D eigenvalue weighted by Crippen LogP contribution is 2.32. The third-order valence-corrected chi connectivity index (χ3v) is 5.28. The van der Waals surface area contributed by atoms with Crippen LogP contribution in [-0.4, -0.2) is 50.0 Å². The number of amides is 1. The van der Waals surface area contributed by atoms with Crippen molar-refractivity contribution < 1.29 is 4.79 Å². The van der Waals surface area contributed by atoms with Gasteiger partial charge in [0.15, 0.2) is 5.96 Å². The lowest BCUT2D eigenvalue weighted by atomic mass is 9.81. The Kier molecular flexibility index (Phi) is 9.56. The van der Waals surface area contributed by atoms with Gasteiger partial charge >= 0.3 is 0 Å². The number of carbonyl (C=O) groups excluding carboxylic acids is 1. The molecule has 0 radical (unpaired) electrons. The van der Waals surface area contributed by atoms with E-state index in [1.807, 2.05) is 27.8 Å². The summed E-state index contributed by atoms with van der Waals surface area (Å²) in [7, 11) is 1.81. The number of carbonyl (C=O) groups is 1. The minimum absolute atomic E-state index is 0. The molecule has 1 aromatic carbocycles. The fraction of sp³-hybridized carbons (Fsp3) is 0.619. The van der Waals surface area contributed by atoms with Gasteiger partial charge in [0.05, 0.1) is 5.41 Å². The van der Waals surface area contributed by atoms with E-state index in [0.717, 1.165) is 25.5 Å². The van der Waals surface area contributed by atoms with Gasteiger partial charge in [-0.25, -0.2) is 0 Å². The smallest absolute Gasteiger partial charge is 0.227 e. The molecule has 152 valence electrons. The molecule has 1 heterocycles. The standard InChI is InChI=1S/C21H34N4O.HI/c1-6-23-19(26)21(3,4)15-24-20(22-5)25-13-12-18(16(2)14-25)17-10-8-7-9-11-17;/h7-11,16,18H,6,12-15H2,1-5H3,(H,22,24)(H,23,26);1H. The summed E-state index contributed by atoms with van der Waals surface area (Å²) in [5, 5.41) is 6.31. The number of hydrogen-bond donors (Lipinski definition) is 2. The average molecular weight is 486 g/mol. The normalized spacial score (nSPS) is 20.6. The van der Waals surface area contributed by atoms with Crippen LogP contribution >= 0.6 is 24.0 Å². The van der Waals surface area contributed by atoms with Crippen LogP contribution < -0.4 is 10.6 Å². The van der Waals surface area contributed by atoms with Gasteiger partial charge in [-0.1, -0.05) is 37.3 Å². The number of likely N-dealkylation sites (tertiary alicyclic amines) is 1. The molecule has 1 aliphatic rings. The van der Waals surface area contributed by atoms with Gasteiger partial charge in [0, 0.05) is 33.2 Å². The van der Waals surface area contributed by atoms with E-state index in [4.69, 9.17) is 0 Å². The number of piperidine rings is 1. The molecule has 1 saturated heterocycles. The lowest BCUT2D eigenvalue weighted by Crippen LogP contribution is -2.51. The van der Waals surface area contributed by atoms with E-state index in [9.17, 15) is 4.79 Å². The Bertz CT molecular complexity index is 618. The van der Waals surface area contributed by atoms with Crippen molar-refractivity contribution in [2.24, 2.45) is 16.3 Å². The summed E-state index contributed by atoms with van der Waals surface area (Å²) in [6, 6.07) is 10.8. The van der Waals surface area contributed by atoms with Gasteiger partial charge in [0.1, 0.15) is 0 Å². The molecular formula is C21H35IN4O. The van der Waals surface area contributed by atoms with Crippen molar-refractivity contribution >= 4 is 35.8 Å². The fourth-order valence-corrected chi connectivity index (χ4v) is 3.65. The second-order valence-electron chi connectivity index (χ2n) is 7.87. The topological polar surface area (TPSA) is 56.7 Å². The predicted octanol–water partition coefficient (Wildman–Crippen LogP) is 3.47. The van der Waals surface area contributed by atoms with Crippen LogP contribution in [0.3, 0.4) is 0 Å². The van der Waals surface area contributed by atoms with E-state index in [1.165, 1.54) is 5.56 Å². The molecule has 2 N–H and O–H groups in total. The zero-order chi connectivity index (χ0) is 19.2. The molecule has 0 aromatic heterocycles. The maximum absolute atomic E-state index is 12.2.